The van der Waals surface area contributed by atoms with Gasteiger partial charge in [0.25, 0.3) is 0 Å². The minimum absolute atomic E-state index is 0. The number of benzene rings is 1. The topological polar surface area (TPSA) is 76.2 Å². The second kappa shape index (κ2) is 5.49. The molecular formula is C10H8LiN2O3. The average Bonchev–Trinajstić information content (AvgIpc) is 2.68. The van der Waals surface area contributed by atoms with Gasteiger partial charge in [-0.1, -0.05) is 30.3 Å². The van der Waals surface area contributed by atoms with E-state index >= 15 is 0 Å². The molecule has 0 aliphatic heterocycles. The number of carboxylic acids is 1. The molecule has 1 heterocycles. The quantitative estimate of drug-likeness (QED) is 0.765. The Morgan fingerprint density at radius 1 is 1.25 bits per heavy atom. The van der Waals surface area contributed by atoms with Gasteiger partial charge in [-0.15, -0.1) is 10.2 Å². The van der Waals surface area contributed by atoms with E-state index in [0.29, 0.717) is 12.3 Å². The fourth-order valence-electron chi connectivity index (χ4n) is 1.18. The Labute approximate surface area is 104 Å². The van der Waals surface area contributed by atoms with E-state index in [9.17, 15) is 4.79 Å². The number of aromatic carboxylic acids is 1. The average molecular weight is 211 g/mol. The Morgan fingerprint density at radius 3 is 2.50 bits per heavy atom. The molecule has 6 heteroatoms. The van der Waals surface area contributed by atoms with E-state index in [2.05, 4.69) is 10.2 Å². The van der Waals surface area contributed by atoms with Gasteiger partial charge in [-0.25, -0.2) is 4.79 Å². The van der Waals surface area contributed by atoms with Crippen LogP contribution in [0.1, 0.15) is 22.1 Å². The van der Waals surface area contributed by atoms with Gasteiger partial charge in [-0.2, -0.15) is 0 Å². The van der Waals surface area contributed by atoms with Gasteiger partial charge in [0.1, 0.15) is 0 Å². The van der Waals surface area contributed by atoms with Gasteiger partial charge in [0.15, 0.2) is 0 Å². The van der Waals surface area contributed by atoms with Crippen molar-refractivity contribution in [2.75, 3.05) is 0 Å². The molecule has 2 rings (SSSR count). The molecule has 1 aromatic carbocycles. The van der Waals surface area contributed by atoms with E-state index in [1.165, 1.54) is 0 Å². The van der Waals surface area contributed by atoms with Crippen molar-refractivity contribution in [1.82, 2.24) is 10.2 Å². The van der Waals surface area contributed by atoms with Crippen LogP contribution in [-0.2, 0) is 6.42 Å². The van der Waals surface area contributed by atoms with Crippen molar-refractivity contribution in [2.45, 2.75) is 6.42 Å². The van der Waals surface area contributed by atoms with E-state index in [1.807, 2.05) is 30.3 Å². The molecule has 2 aromatic rings. The molecule has 0 bridgehead atoms. The molecule has 0 saturated heterocycles. The van der Waals surface area contributed by atoms with Crippen LogP contribution in [0.15, 0.2) is 34.7 Å². The molecule has 1 radical (unpaired) electrons. The second-order valence-corrected chi connectivity index (χ2v) is 2.97. The van der Waals surface area contributed by atoms with Crippen LogP contribution >= 0.6 is 0 Å². The summed E-state index contributed by atoms with van der Waals surface area (Å²) in [5.74, 6) is -1.28. The van der Waals surface area contributed by atoms with E-state index in [4.69, 9.17) is 9.52 Å². The normalized spacial score (nSPS) is 9.50. The third-order valence-electron chi connectivity index (χ3n) is 1.85. The standard InChI is InChI=1S/C10H8N2O3.Li/c13-10(14)9-12-11-8(15-9)6-7-4-2-1-3-5-7;/h1-5H,6H2,(H,13,14);. The van der Waals surface area contributed by atoms with Crippen LogP contribution < -0.4 is 0 Å². The first-order valence-corrected chi connectivity index (χ1v) is 4.35. The van der Waals surface area contributed by atoms with Gasteiger partial charge < -0.3 is 9.52 Å². The maximum absolute atomic E-state index is 10.5. The van der Waals surface area contributed by atoms with E-state index in [0.717, 1.165) is 5.56 Å². The summed E-state index contributed by atoms with van der Waals surface area (Å²) < 4.78 is 4.93. The first kappa shape index (κ1) is 12.5. The third kappa shape index (κ3) is 2.96. The van der Waals surface area contributed by atoms with Crippen LogP contribution in [0.2, 0.25) is 0 Å². The summed E-state index contributed by atoms with van der Waals surface area (Å²) in [4.78, 5) is 10.5. The van der Waals surface area contributed by atoms with Gasteiger partial charge in [0.05, 0.1) is 6.42 Å². The summed E-state index contributed by atoms with van der Waals surface area (Å²) in [6, 6.07) is 9.50. The monoisotopic (exact) mass is 211 g/mol. The molecule has 5 nitrogen and oxygen atoms in total. The Bertz CT molecular complexity index is 470. The Balaban J connectivity index is 0.00000128. The Kier molecular flexibility index (Phi) is 4.29. The molecule has 0 amide bonds. The summed E-state index contributed by atoms with van der Waals surface area (Å²) in [6.45, 7) is 0. The number of nitrogens with zero attached hydrogens (tertiary/aromatic N) is 2. The minimum atomic E-state index is -1.21. The molecule has 0 unspecified atom stereocenters. The van der Waals surface area contributed by atoms with Crippen molar-refractivity contribution >= 4 is 24.8 Å². The van der Waals surface area contributed by atoms with Crippen LogP contribution in [0.5, 0.6) is 0 Å². The van der Waals surface area contributed by atoms with E-state index in [1.54, 1.807) is 0 Å². The molecule has 0 aliphatic carbocycles. The maximum atomic E-state index is 10.5. The number of rotatable bonds is 3. The van der Waals surface area contributed by atoms with Crippen molar-refractivity contribution in [1.29, 1.82) is 0 Å². The molecule has 0 saturated carbocycles. The van der Waals surface area contributed by atoms with Crippen LogP contribution in [0.4, 0.5) is 0 Å². The SMILES string of the molecule is O=C(O)c1nnc(Cc2ccccc2)o1.[Li]. The summed E-state index contributed by atoms with van der Waals surface area (Å²) in [5.41, 5.74) is 0.998. The van der Waals surface area contributed by atoms with Crippen LogP contribution in [0, 0.1) is 0 Å². The zero-order valence-corrected chi connectivity index (χ0v) is 8.75. The Hall–Kier alpha value is -1.57. The van der Waals surface area contributed by atoms with Gasteiger partial charge in [-0.05, 0) is 5.56 Å². The van der Waals surface area contributed by atoms with Crippen molar-refractivity contribution in [3.63, 3.8) is 0 Å². The van der Waals surface area contributed by atoms with Crippen LogP contribution in [-0.4, -0.2) is 40.1 Å². The molecular weight excluding hydrogens is 203 g/mol. The second-order valence-electron chi connectivity index (χ2n) is 2.97. The van der Waals surface area contributed by atoms with E-state index in [-0.39, 0.29) is 24.8 Å². The molecule has 16 heavy (non-hydrogen) atoms. The largest absolute Gasteiger partial charge is 0.474 e. The van der Waals surface area contributed by atoms with Crippen LogP contribution in [0.3, 0.4) is 0 Å². The van der Waals surface area contributed by atoms with Gasteiger partial charge >= 0.3 is 11.9 Å². The number of carboxylic acid groups (broad SMARTS) is 1. The molecule has 1 aromatic heterocycles. The predicted octanol–water partition coefficient (Wildman–Crippen LogP) is 0.978. The number of hydrogen-bond donors (Lipinski definition) is 1. The van der Waals surface area contributed by atoms with Gasteiger partial charge in [-0.3, -0.25) is 0 Å². The fourth-order valence-corrected chi connectivity index (χ4v) is 1.18. The smallest absolute Gasteiger partial charge is 0.393 e. The summed E-state index contributed by atoms with van der Waals surface area (Å²) in [5, 5.41) is 15.6. The third-order valence-corrected chi connectivity index (χ3v) is 1.85. The van der Waals surface area contributed by atoms with Gasteiger partial charge in [0.2, 0.25) is 5.89 Å². The zero-order chi connectivity index (χ0) is 10.7. The molecule has 77 valence electrons. The summed E-state index contributed by atoms with van der Waals surface area (Å²) >= 11 is 0. The van der Waals surface area contributed by atoms with Crippen molar-refractivity contribution in [3.8, 4) is 0 Å². The van der Waals surface area contributed by atoms with Crippen LogP contribution in [0.25, 0.3) is 0 Å². The van der Waals surface area contributed by atoms with Crippen molar-refractivity contribution < 1.29 is 14.3 Å². The number of hydrogen-bond acceptors (Lipinski definition) is 4. The summed E-state index contributed by atoms with van der Waals surface area (Å²) in [6.07, 6.45) is 0.446. The molecule has 1 N–H and O–H groups in total. The first-order chi connectivity index (χ1) is 7.25. The molecule has 0 aliphatic rings. The number of carbonyl (C=O) groups is 1. The van der Waals surface area contributed by atoms with Gasteiger partial charge in [0, 0.05) is 18.9 Å². The van der Waals surface area contributed by atoms with Crippen molar-refractivity contribution in [3.05, 3.63) is 47.7 Å². The molecule has 0 atom stereocenters. The fraction of sp³-hybridized carbons (Fsp3) is 0.100. The first-order valence-electron chi connectivity index (χ1n) is 4.35. The van der Waals surface area contributed by atoms with Crippen molar-refractivity contribution in [2.24, 2.45) is 0 Å². The number of aromatic nitrogens is 2. The van der Waals surface area contributed by atoms with E-state index < -0.39 is 5.97 Å². The molecule has 0 spiro atoms. The summed E-state index contributed by atoms with van der Waals surface area (Å²) in [7, 11) is 0. The minimum Gasteiger partial charge on any atom is -0.474 e. The predicted molar refractivity (Wildman–Crippen MR) is 56.3 cm³/mol. The Morgan fingerprint density at radius 2 is 1.94 bits per heavy atom. The molecule has 0 fully saturated rings. The zero-order valence-electron chi connectivity index (χ0n) is 8.75. The maximum Gasteiger partial charge on any atom is 0.393 e.